The molecule has 1 aromatic carbocycles. The Kier molecular flexibility index (Phi) is 4.38. The Bertz CT molecular complexity index is 525. The molecule has 0 aliphatic heterocycles. The number of nitrogens with zero attached hydrogens (tertiary/aromatic N) is 2. The molecule has 0 saturated carbocycles. The molecule has 0 fully saturated rings. The van der Waals surface area contributed by atoms with Crippen LogP contribution >= 0.6 is 15.9 Å². The average Bonchev–Trinajstić information content (AvgIpc) is 2.77. The molecule has 96 valence electrons. The molecule has 2 aromatic rings. The van der Waals surface area contributed by atoms with Crippen LogP contribution in [0.5, 0.6) is 5.75 Å². The highest BCUT2D eigenvalue weighted by molar-refractivity contribution is 9.10. The Balaban J connectivity index is 1.90. The number of aromatic nitrogens is 2. The molecule has 0 aliphatic rings. The van der Waals surface area contributed by atoms with Crippen molar-refractivity contribution in [3.8, 4) is 5.75 Å². The average molecular weight is 311 g/mol. The highest BCUT2D eigenvalue weighted by Gasteiger charge is 2.03. The Morgan fingerprint density at radius 3 is 2.83 bits per heavy atom. The maximum absolute atomic E-state index is 9.01. The second-order valence-electron chi connectivity index (χ2n) is 4.04. The van der Waals surface area contributed by atoms with E-state index in [0.717, 1.165) is 27.8 Å². The summed E-state index contributed by atoms with van der Waals surface area (Å²) in [6, 6.07) is 5.57. The van der Waals surface area contributed by atoms with E-state index in [9.17, 15) is 0 Å². The van der Waals surface area contributed by atoms with Crippen molar-refractivity contribution >= 4 is 15.9 Å². The van der Waals surface area contributed by atoms with E-state index < -0.39 is 0 Å². The molecule has 0 aliphatic carbocycles. The lowest BCUT2D eigenvalue weighted by Gasteiger charge is -2.08. The number of benzene rings is 1. The Labute approximate surface area is 114 Å². The lowest BCUT2D eigenvalue weighted by molar-refractivity contribution is 0.281. The molecule has 0 radical (unpaired) electrons. The summed E-state index contributed by atoms with van der Waals surface area (Å²) in [5, 5.41) is 13.1. The lowest BCUT2D eigenvalue weighted by atomic mass is 10.2. The van der Waals surface area contributed by atoms with Gasteiger partial charge >= 0.3 is 0 Å². The third-order valence-corrected chi connectivity index (χ3v) is 3.21. The molecule has 18 heavy (non-hydrogen) atoms. The third-order valence-electron chi connectivity index (χ3n) is 2.59. The monoisotopic (exact) mass is 310 g/mol. The van der Waals surface area contributed by atoms with Crippen LogP contribution < -0.4 is 4.74 Å². The quantitative estimate of drug-likeness (QED) is 0.922. The predicted molar refractivity (Wildman–Crippen MR) is 72.5 cm³/mol. The van der Waals surface area contributed by atoms with E-state index in [4.69, 9.17) is 9.84 Å². The molecular formula is C13H15BrN2O2. The number of aliphatic hydroxyl groups is 1. The Morgan fingerprint density at radius 2 is 2.22 bits per heavy atom. The van der Waals surface area contributed by atoms with Crippen molar-refractivity contribution in [2.45, 2.75) is 13.0 Å². The Hall–Kier alpha value is -1.33. The minimum Gasteiger partial charge on any atom is -0.492 e. The number of aliphatic hydroxyl groups excluding tert-OH is 1. The zero-order valence-electron chi connectivity index (χ0n) is 10.1. The smallest absolute Gasteiger partial charge is 0.133 e. The largest absolute Gasteiger partial charge is 0.492 e. The van der Waals surface area contributed by atoms with Crippen molar-refractivity contribution in [1.29, 1.82) is 0 Å². The topological polar surface area (TPSA) is 47.3 Å². The number of aryl methyl sites for hydroxylation is 1. The SMILES string of the molecule is Cn1cc(CCOc2ccc(CO)cc2Br)cn1. The van der Waals surface area contributed by atoms with Crippen LogP contribution in [0.4, 0.5) is 0 Å². The second-order valence-corrected chi connectivity index (χ2v) is 4.90. The third kappa shape index (κ3) is 3.34. The van der Waals surface area contributed by atoms with E-state index in [1.54, 1.807) is 4.68 Å². The summed E-state index contributed by atoms with van der Waals surface area (Å²) < 4.78 is 8.32. The summed E-state index contributed by atoms with van der Waals surface area (Å²) in [7, 11) is 1.90. The van der Waals surface area contributed by atoms with Crippen LogP contribution in [0.3, 0.4) is 0 Å². The van der Waals surface area contributed by atoms with Gasteiger partial charge in [-0.25, -0.2) is 0 Å². The zero-order chi connectivity index (χ0) is 13.0. The summed E-state index contributed by atoms with van der Waals surface area (Å²) in [4.78, 5) is 0. The van der Waals surface area contributed by atoms with Crippen molar-refractivity contribution in [3.05, 3.63) is 46.2 Å². The first-order valence-electron chi connectivity index (χ1n) is 5.68. The van der Waals surface area contributed by atoms with E-state index in [-0.39, 0.29) is 6.61 Å². The summed E-state index contributed by atoms with van der Waals surface area (Å²) in [5.41, 5.74) is 2.02. The number of rotatable bonds is 5. The van der Waals surface area contributed by atoms with Gasteiger partial charge in [0.1, 0.15) is 5.75 Å². The van der Waals surface area contributed by atoms with Crippen LogP contribution in [0.15, 0.2) is 35.1 Å². The van der Waals surface area contributed by atoms with Crippen molar-refractivity contribution in [1.82, 2.24) is 9.78 Å². The first-order valence-corrected chi connectivity index (χ1v) is 6.48. The molecule has 5 heteroatoms. The standard InChI is InChI=1S/C13H15BrN2O2/c1-16-8-11(7-15-16)4-5-18-13-3-2-10(9-17)6-12(13)14/h2-3,6-8,17H,4-5,9H2,1H3. The van der Waals surface area contributed by atoms with Crippen LogP contribution in [-0.2, 0) is 20.1 Å². The first kappa shape index (κ1) is 13.1. The molecule has 0 amide bonds. The first-order chi connectivity index (χ1) is 8.69. The van der Waals surface area contributed by atoms with Crippen LogP contribution in [0.2, 0.25) is 0 Å². The molecule has 1 aromatic heterocycles. The molecule has 1 N–H and O–H groups in total. The van der Waals surface area contributed by atoms with Gasteiger partial charge in [-0.2, -0.15) is 5.10 Å². The minimum atomic E-state index is 0.0363. The normalized spacial score (nSPS) is 10.6. The van der Waals surface area contributed by atoms with Crippen molar-refractivity contribution in [2.75, 3.05) is 6.61 Å². The fourth-order valence-electron chi connectivity index (χ4n) is 1.64. The molecule has 0 unspecified atom stereocenters. The summed E-state index contributed by atoms with van der Waals surface area (Å²) in [6.07, 6.45) is 4.64. The van der Waals surface area contributed by atoms with Crippen molar-refractivity contribution in [2.24, 2.45) is 7.05 Å². The van der Waals surface area contributed by atoms with Crippen molar-refractivity contribution < 1.29 is 9.84 Å². The molecule has 0 atom stereocenters. The molecule has 0 saturated heterocycles. The van der Waals surface area contributed by atoms with Gasteiger partial charge in [0.05, 0.1) is 23.9 Å². The highest BCUT2D eigenvalue weighted by atomic mass is 79.9. The van der Waals surface area contributed by atoms with Gasteiger partial charge in [-0.05, 0) is 39.2 Å². The van der Waals surface area contributed by atoms with Gasteiger partial charge in [-0.3, -0.25) is 4.68 Å². The number of halogens is 1. The highest BCUT2D eigenvalue weighted by Crippen LogP contribution is 2.26. The Morgan fingerprint density at radius 1 is 1.39 bits per heavy atom. The number of ether oxygens (including phenoxy) is 1. The van der Waals surface area contributed by atoms with Crippen LogP contribution in [0.1, 0.15) is 11.1 Å². The molecular weight excluding hydrogens is 296 g/mol. The van der Waals surface area contributed by atoms with E-state index in [1.807, 2.05) is 37.6 Å². The summed E-state index contributed by atoms with van der Waals surface area (Å²) in [6.45, 7) is 0.636. The molecule has 1 heterocycles. The molecule has 0 spiro atoms. The van der Waals surface area contributed by atoms with Gasteiger partial charge < -0.3 is 9.84 Å². The number of hydrogen-bond acceptors (Lipinski definition) is 3. The molecule has 2 rings (SSSR count). The van der Waals surface area contributed by atoms with Crippen LogP contribution in [-0.4, -0.2) is 21.5 Å². The fourth-order valence-corrected chi connectivity index (χ4v) is 2.18. The van der Waals surface area contributed by atoms with E-state index in [2.05, 4.69) is 21.0 Å². The van der Waals surface area contributed by atoms with Gasteiger partial charge in [-0.1, -0.05) is 6.07 Å². The van der Waals surface area contributed by atoms with Crippen LogP contribution in [0, 0.1) is 0 Å². The van der Waals surface area contributed by atoms with Gasteiger partial charge in [0, 0.05) is 19.7 Å². The number of hydrogen-bond donors (Lipinski definition) is 1. The molecule has 0 bridgehead atoms. The summed E-state index contributed by atoms with van der Waals surface area (Å²) in [5.74, 6) is 0.788. The van der Waals surface area contributed by atoms with Gasteiger partial charge in [0.15, 0.2) is 0 Å². The van der Waals surface area contributed by atoms with E-state index in [1.165, 1.54) is 0 Å². The minimum absolute atomic E-state index is 0.0363. The van der Waals surface area contributed by atoms with Gasteiger partial charge in [-0.15, -0.1) is 0 Å². The summed E-state index contributed by atoms with van der Waals surface area (Å²) >= 11 is 3.43. The van der Waals surface area contributed by atoms with Crippen molar-refractivity contribution in [3.63, 3.8) is 0 Å². The van der Waals surface area contributed by atoms with Crippen LogP contribution in [0.25, 0.3) is 0 Å². The van der Waals surface area contributed by atoms with E-state index in [0.29, 0.717) is 6.61 Å². The lowest BCUT2D eigenvalue weighted by Crippen LogP contribution is -2.01. The second kappa shape index (κ2) is 6.02. The zero-order valence-corrected chi connectivity index (χ0v) is 11.7. The fraction of sp³-hybridized carbons (Fsp3) is 0.308. The van der Waals surface area contributed by atoms with E-state index >= 15 is 0 Å². The predicted octanol–water partition coefficient (Wildman–Crippen LogP) is 2.30. The maximum atomic E-state index is 9.01. The molecule has 4 nitrogen and oxygen atoms in total. The van der Waals surface area contributed by atoms with Gasteiger partial charge in [0.25, 0.3) is 0 Å². The maximum Gasteiger partial charge on any atom is 0.133 e. The van der Waals surface area contributed by atoms with Gasteiger partial charge in [0.2, 0.25) is 0 Å².